The molecule has 7 heteroatoms. The van der Waals surface area contributed by atoms with E-state index in [1.54, 1.807) is 0 Å². The molecule has 0 aromatic carbocycles. The largest absolute Gasteiger partial charge is 0.468 e. The lowest BCUT2D eigenvalue weighted by atomic mass is 10.3. The number of esters is 1. The van der Waals surface area contributed by atoms with Crippen LogP contribution in [-0.2, 0) is 19.1 Å². The molecular weight excluding hydrogens is 256 g/mol. The maximum Gasteiger partial charge on any atom is 0.325 e. The number of hydrogen-bond donors (Lipinski definition) is 0. The lowest BCUT2D eigenvalue weighted by Crippen LogP contribution is -2.43. The number of carbonyl (C=O) groups excluding carboxylic acids is 3. The summed E-state index contributed by atoms with van der Waals surface area (Å²) in [5, 5.41) is 0. The summed E-state index contributed by atoms with van der Waals surface area (Å²) in [5.74, 6) is 0.292. The van der Waals surface area contributed by atoms with Gasteiger partial charge in [0.1, 0.15) is 13.1 Å². The minimum Gasteiger partial charge on any atom is -0.468 e. The fourth-order valence-electron chi connectivity index (χ4n) is 1.59. The van der Waals surface area contributed by atoms with Crippen LogP contribution in [0.2, 0.25) is 0 Å². The Morgan fingerprint density at radius 1 is 1.50 bits per heavy atom. The molecule has 1 heterocycles. The van der Waals surface area contributed by atoms with Crippen molar-refractivity contribution in [3.05, 3.63) is 0 Å². The van der Waals surface area contributed by atoms with Gasteiger partial charge >= 0.3 is 5.97 Å². The molecule has 18 heavy (non-hydrogen) atoms. The van der Waals surface area contributed by atoms with E-state index in [2.05, 4.69) is 4.74 Å². The molecule has 1 rings (SSSR count). The Morgan fingerprint density at radius 3 is 2.72 bits per heavy atom. The third-order valence-corrected chi connectivity index (χ3v) is 3.49. The highest BCUT2D eigenvalue weighted by Crippen LogP contribution is 2.14. The highest BCUT2D eigenvalue weighted by Gasteiger charge is 2.26. The molecular formula is C11H18N2O4S. The molecule has 102 valence electrons. The van der Waals surface area contributed by atoms with Gasteiger partial charge in [0.2, 0.25) is 11.8 Å². The molecule has 0 bridgehead atoms. The van der Waals surface area contributed by atoms with E-state index in [1.165, 1.54) is 28.7 Å². The highest BCUT2D eigenvalue weighted by atomic mass is 32.2. The van der Waals surface area contributed by atoms with Gasteiger partial charge in [0.15, 0.2) is 0 Å². The number of thioether (sulfide) groups is 1. The van der Waals surface area contributed by atoms with E-state index in [1.807, 2.05) is 6.92 Å². The number of carbonyl (C=O) groups is 3. The molecule has 0 aliphatic carbocycles. The first-order valence-corrected chi connectivity index (χ1v) is 6.94. The van der Waals surface area contributed by atoms with Crippen molar-refractivity contribution in [1.82, 2.24) is 9.80 Å². The first-order valence-electron chi connectivity index (χ1n) is 5.78. The summed E-state index contributed by atoms with van der Waals surface area (Å²) in [6.07, 6.45) is 0.755. The van der Waals surface area contributed by atoms with Gasteiger partial charge < -0.3 is 14.5 Å². The zero-order chi connectivity index (χ0) is 13.5. The van der Waals surface area contributed by atoms with E-state index in [4.69, 9.17) is 0 Å². The van der Waals surface area contributed by atoms with Gasteiger partial charge in [-0.15, -0.1) is 11.8 Å². The van der Waals surface area contributed by atoms with Crippen LogP contribution >= 0.6 is 11.8 Å². The predicted molar refractivity (Wildman–Crippen MR) is 67.9 cm³/mol. The Bertz CT molecular complexity index is 335. The zero-order valence-corrected chi connectivity index (χ0v) is 11.5. The van der Waals surface area contributed by atoms with Gasteiger partial charge in [-0.2, -0.15) is 0 Å². The molecule has 0 aromatic heterocycles. The first kappa shape index (κ1) is 14.8. The van der Waals surface area contributed by atoms with Gasteiger partial charge in [0, 0.05) is 6.54 Å². The van der Waals surface area contributed by atoms with Crippen LogP contribution in [-0.4, -0.2) is 66.0 Å². The fraction of sp³-hybridized carbons (Fsp3) is 0.727. The molecule has 0 N–H and O–H groups in total. The van der Waals surface area contributed by atoms with Crippen molar-refractivity contribution in [2.24, 2.45) is 0 Å². The molecule has 1 saturated heterocycles. The standard InChI is InChI=1S/C11H18N2O4S/c1-3-4-12(6-11(16)17-2)9(14)5-13-8-18-7-10(13)15/h3-8H2,1-2H3. The average molecular weight is 274 g/mol. The smallest absolute Gasteiger partial charge is 0.325 e. The third kappa shape index (κ3) is 4.21. The van der Waals surface area contributed by atoms with Crippen LogP contribution in [0.15, 0.2) is 0 Å². The van der Waals surface area contributed by atoms with E-state index in [0.29, 0.717) is 18.2 Å². The lowest BCUT2D eigenvalue weighted by molar-refractivity contribution is -0.148. The Labute approximate surface area is 111 Å². The molecule has 0 saturated carbocycles. The number of ether oxygens (including phenoxy) is 1. The van der Waals surface area contributed by atoms with Gasteiger partial charge in [0.25, 0.3) is 0 Å². The second-order valence-corrected chi connectivity index (χ2v) is 4.92. The van der Waals surface area contributed by atoms with E-state index in [9.17, 15) is 14.4 Å². The summed E-state index contributed by atoms with van der Waals surface area (Å²) in [4.78, 5) is 37.6. The summed E-state index contributed by atoms with van der Waals surface area (Å²) < 4.78 is 4.55. The molecule has 1 aliphatic heterocycles. The van der Waals surface area contributed by atoms with Crippen LogP contribution in [0.25, 0.3) is 0 Å². The number of rotatable bonds is 6. The second kappa shape index (κ2) is 7.25. The second-order valence-electron chi connectivity index (χ2n) is 3.96. The van der Waals surface area contributed by atoms with Gasteiger partial charge in [-0.05, 0) is 6.42 Å². The molecule has 0 atom stereocenters. The first-order chi connectivity index (χ1) is 8.58. The topological polar surface area (TPSA) is 66.9 Å². The van der Waals surface area contributed by atoms with E-state index in [0.717, 1.165) is 6.42 Å². The predicted octanol–water partition coefficient (Wildman–Crippen LogP) is -0.0691. The lowest BCUT2D eigenvalue weighted by Gasteiger charge is -2.23. The minimum atomic E-state index is -0.445. The third-order valence-electron chi connectivity index (χ3n) is 2.55. The summed E-state index contributed by atoms with van der Waals surface area (Å²) in [6.45, 7) is 2.40. The quantitative estimate of drug-likeness (QED) is 0.634. The van der Waals surface area contributed by atoms with Crippen molar-refractivity contribution in [1.29, 1.82) is 0 Å². The van der Waals surface area contributed by atoms with E-state index in [-0.39, 0.29) is 24.9 Å². The summed E-state index contributed by atoms with van der Waals surface area (Å²) in [5.41, 5.74) is 0. The zero-order valence-electron chi connectivity index (χ0n) is 10.7. The Morgan fingerprint density at radius 2 is 2.22 bits per heavy atom. The van der Waals surface area contributed by atoms with Crippen molar-refractivity contribution < 1.29 is 19.1 Å². The molecule has 0 aromatic rings. The Kier molecular flexibility index (Phi) is 5.97. The van der Waals surface area contributed by atoms with Crippen molar-refractivity contribution in [2.45, 2.75) is 13.3 Å². The Hall–Kier alpha value is -1.24. The number of amides is 2. The minimum absolute atomic E-state index is 0.0251. The molecule has 1 fully saturated rings. The number of nitrogens with zero attached hydrogens (tertiary/aromatic N) is 2. The normalized spacial score (nSPS) is 14.8. The molecule has 0 spiro atoms. The highest BCUT2D eigenvalue weighted by molar-refractivity contribution is 8.00. The monoisotopic (exact) mass is 274 g/mol. The number of methoxy groups -OCH3 is 1. The average Bonchev–Trinajstić information content (AvgIpc) is 2.74. The maximum absolute atomic E-state index is 12.0. The molecule has 0 radical (unpaired) electrons. The van der Waals surface area contributed by atoms with Crippen molar-refractivity contribution in [3.8, 4) is 0 Å². The van der Waals surface area contributed by atoms with Crippen LogP contribution in [0.3, 0.4) is 0 Å². The van der Waals surface area contributed by atoms with Gasteiger partial charge in [-0.25, -0.2) is 0 Å². The van der Waals surface area contributed by atoms with Gasteiger partial charge in [-0.3, -0.25) is 14.4 Å². The van der Waals surface area contributed by atoms with Crippen LogP contribution in [0.1, 0.15) is 13.3 Å². The SMILES string of the molecule is CCCN(CC(=O)OC)C(=O)CN1CSCC1=O. The van der Waals surface area contributed by atoms with E-state index >= 15 is 0 Å². The number of hydrogen-bond acceptors (Lipinski definition) is 5. The molecule has 2 amide bonds. The van der Waals surface area contributed by atoms with E-state index < -0.39 is 5.97 Å². The van der Waals surface area contributed by atoms with Crippen molar-refractivity contribution in [2.75, 3.05) is 38.4 Å². The summed E-state index contributed by atoms with van der Waals surface area (Å²) in [6, 6.07) is 0. The van der Waals surface area contributed by atoms with Crippen LogP contribution in [0.5, 0.6) is 0 Å². The van der Waals surface area contributed by atoms with Gasteiger partial charge in [-0.1, -0.05) is 6.92 Å². The summed E-state index contributed by atoms with van der Waals surface area (Å²) in [7, 11) is 1.29. The van der Waals surface area contributed by atoms with Gasteiger partial charge in [0.05, 0.1) is 18.7 Å². The molecule has 0 unspecified atom stereocenters. The molecule has 6 nitrogen and oxygen atoms in total. The fourth-order valence-corrected chi connectivity index (χ4v) is 2.49. The summed E-state index contributed by atoms with van der Waals surface area (Å²) >= 11 is 1.49. The Balaban J connectivity index is 2.53. The van der Waals surface area contributed by atoms with Crippen LogP contribution in [0, 0.1) is 0 Å². The maximum atomic E-state index is 12.0. The molecule has 1 aliphatic rings. The van der Waals surface area contributed by atoms with Crippen LogP contribution in [0.4, 0.5) is 0 Å². The van der Waals surface area contributed by atoms with Crippen molar-refractivity contribution >= 4 is 29.5 Å². The van der Waals surface area contributed by atoms with Crippen LogP contribution < -0.4 is 0 Å². The van der Waals surface area contributed by atoms with Crippen molar-refractivity contribution in [3.63, 3.8) is 0 Å².